The fraction of sp³-hybridized carbons (Fsp3) is 0.571. The van der Waals surface area contributed by atoms with E-state index < -0.39 is 9.84 Å². The quantitative estimate of drug-likeness (QED) is 0.636. The molecule has 1 aromatic heterocycles. The van der Waals surface area contributed by atoms with Gasteiger partial charge in [0.25, 0.3) is 0 Å². The Kier molecular flexibility index (Phi) is 1.73. The first-order valence-electron chi connectivity index (χ1n) is 3.79. The molecule has 0 bridgehead atoms. The van der Waals surface area contributed by atoms with Crippen LogP contribution in [0.15, 0.2) is 5.03 Å². The molecular weight excluding hydrogens is 194 g/mol. The molecule has 0 amide bonds. The van der Waals surface area contributed by atoms with Crippen molar-refractivity contribution in [2.45, 2.75) is 24.8 Å². The van der Waals surface area contributed by atoms with Gasteiger partial charge in [-0.05, 0) is 19.8 Å². The van der Waals surface area contributed by atoms with Crippen molar-refractivity contribution in [2.75, 3.05) is 5.75 Å². The Hall–Kier alpha value is -0.420. The van der Waals surface area contributed by atoms with Gasteiger partial charge in [0.2, 0.25) is 0 Å². The van der Waals surface area contributed by atoms with Gasteiger partial charge in [-0.25, -0.2) is 13.4 Å². The van der Waals surface area contributed by atoms with Crippen LogP contribution >= 0.6 is 11.3 Å². The summed E-state index contributed by atoms with van der Waals surface area (Å²) in [6.07, 6.45) is 1.62. The molecule has 1 aromatic rings. The average molecular weight is 203 g/mol. The van der Waals surface area contributed by atoms with Crippen molar-refractivity contribution in [2.24, 2.45) is 0 Å². The topological polar surface area (TPSA) is 47.0 Å². The van der Waals surface area contributed by atoms with Gasteiger partial charge in [-0.15, -0.1) is 11.3 Å². The normalized spacial score (nSPS) is 20.4. The molecule has 1 aliphatic rings. The summed E-state index contributed by atoms with van der Waals surface area (Å²) in [5, 5.41) is 1.20. The fourth-order valence-electron chi connectivity index (χ4n) is 1.37. The van der Waals surface area contributed by atoms with Crippen molar-refractivity contribution in [3.8, 4) is 0 Å². The molecule has 2 rings (SSSR count). The average Bonchev–Trinajstić information content (AvgIpc) is 2.30. The number of fused-ring (bicyclic) bond motifs is 1. The van der Waals surface area contributed by atoms with Gasteiger partial charge in [-0.3, -0.25) is 0 Å². The van der Waals surface area contributed by atoms with Crippen LogP contribution < -0.4 is 0 Å². The standard InChI is InChI=1S/C7H9NO2S2/c1-5-8-7-6(11-5)3-2-4-12(7,9)10/h2-4H2,1H3. The lowest BCUT2D eigenvalue weighted by Crippen LogP contribution is -2.14. The molecule has 2 heterocycles. The van der Waals surface area contributed by atoms with E-state index in [2.05, 4.69) is 4.98 Å². The van der Waals surface area contributed by atoms with Crippen LogP contribution in [-0.2, 0) is 16.3 Å². The molecule has 12 heavy (non-hydrogen) atoms. The third-order valence-corrected chi connectivity index (χ3v) is 4.79. The predicted octanol–water partition coefficient (Wildman–Crippen LogP) is 1.17. The van der Waals surface area contributed by atoms with Gasteiger partial charge in [0, 0.05) is 4.88 Å². The smallest absolute Gasteiger partial charge is 0.196 e. The van der Waals surface area contributed by atoms with Crippen molar-refractivity contribution >= 4 is 21.2 Å². The van der Waals surface area contributed by atoms with E-state index in [-0.39, 0.29) is 5.75 Å². The van der Waals surface area contributed by atoms with E-state index in [0.29, 0.717) is 5.03 Å². The Balaban J connectivity index is 2.67. The number of hydrogen-bond acceptors (Lipinski definition) is 4. The molecule has 3 nitrogen and oxygen atoms in total. The van der Waals surface area contributed by atoms with E-state index in [4.69, 9.17) is 0 Å². The first kappa shape index (κ1) is 8.19. The van der Waals surface area contributed by atoms with Gasteiger partial charge in [0.15, 0.2) is 14.9 Å². The number of sulfone groups is 1. The van der Waals surface area contributed by atoms with Gasteiger partial charge < -0.3 is 0 Å². The summed E-state index contributed by atoms with van der Waals surface area (Å²) < 4.78 is 22.9. The van der Waals surface area contributed by atoms with Gasteiger partial charge in [0.1, 0.15) is 0 Å². The Labute approximate surface area is 75.4 Å². The zero-order valence-electron chi connectivity index (χ0n) is 6.70. The summed E-state index contributed by atoms with van der Waals surface area (Å²) in [7, 11) is -3.02. The number of rotatable bonds is 0. The number of hydrogen-bond donors (Lipinski definition) is 0. The molecule has 0 spiro atoms. The van der Waals surface area contributed by atoms with Crippen molar-refractivity contribution in [1.29, 1.82) is 0 Å². The van der Waals surface area contributed by atoms with E-state index in [1.54, 1.807) is 0 Å². The van der Waals surface area contributed by atoms with Crippen molar-refractivity contribution < 1.29 is 8.42 Å². The number of thiazole rings is 1. The third kappa shape index (κ3) is 1.17. The summed E-state index contributed by atoms with van der Waals surface area (Å²) in [5.41, 5.74) is 0. The summed E-state index contributed by atoms with van der Waals surface area (Å²) in [6.45, 7) is 1.85. The zero-order valence-corrected chi connectivity index (χ0v) is 8.33. The highest BCUT2D eigenvalue weighted by molar-refractivity contribution is 7.91. The Morgan fingerprint density at radius 3 is 2.92 bits per heavy atom. The Bertz CT molecular complexity index is 405. The van der Waals surface area contributed by atoms with Gasteiger partial charge in [-0.1, -0.05) is 0 Å². The second-order valence-corrected chi connectivity index (χ2v) is 6.20. The first-order chi connectivity index (χ1) is 5.59. The highest BCUT2D eigenvalue weighted by atomic mass is 32.2. The predicted molar refractivity (Wildman–Crippen MR) is 47.2 cm³/mol. The minimum absolute atomic E-state index is 0.267. The Morgan fingerprint density at radius 2 is 2.25 bits per heavy atom. The largest absolute Gasteiger partial charge is 0.230 e. The lowest BCUT2D eigenvalue weighted by Gasteiger charge is -2.08. The summed E-state index contributed by atoms with van der Waals surface area (Å²) in [4.78, 5) is 4.98. The van der Waals surface area contributed by atoms with Crippen molar-refractivity contribution in [3.63, 3.8) is 0 Å². The SMILES string of the molecule is Cc1nc2c(s1)CCCS2(=O)=O. The van der Waals surface area contributed by atoms with Crippen molar-refractivity contribution in [3.05, 3.63) is 9.88 Å². The van der Waals surface area contributed by atoms with Crippen LogP contribution in [0, 0.1) is 6.92 Å². The maximum atomic E-state index is 11.4. The second kappa shape index (κ2) is 2.53. The molecule has 5 heteroatoms. The zero-order chi connectivity index (χ0) is 8.77. The van der Waals surface area contributed by atoms with E-state index in [0.717, 1.165) is 22.7 Å². The van der Waals surface area contributed by atoms with E-state index >= 15 is 0 Å². The minimum Gasteiger partial charge on any atom is -0.230 e. The molecule has 0 saturated carbocycles. The number of nitrogens with zero attached hydrogens (tertiary/aromatic N) is 1. The van der Waals surface area contributed by atoms with E-state index in [1.807, 2.05) is 6.92 Å². The molecule has 0 aliphatic carbocycles. The van der Waals surface area contributed by atoms with Gasteiger partial charge in [-0.2, -0.15) is 0 Å². The molecule has 0 N–H and O–H groups in total. The third-order valence-electron chi connectivity index (χ3n) is 1.88. The molecule has 0 aromatic carbocycles. The maximum absolute atomic E-state index is 11.4. The molecule has 0 atom stereocenters. The molecule has 0 radical (unpaired) electrons. The van der Waals surface area contributed by atoms with Crippen LogP contribution in [0.4, 0.5) is 0 Å². The Morgan fingerprint density at radius 1 is 1.50 bits per heavy atom. The number of aromatic nitrogens is 1. The molecule has 0 saturated heterocycles. The first-order valence-corrected chi connectivity index (χ1v) is 6.25. The van der Waals surface area contributed by atoms with Crippen LogP contribution in [0.2, 0.25) is 0 Å². The monoisotopic (exact) mass is 203 g/mol. The van der Waals surface area contributed by atoms with Crippen LogP contribution in [0.5, 0.6) is 0 Å². The van der Waals surface area contributed by atoms with Crippen LogP contribution in [0.1, 0.15) is 16.3 Å². The minimum atomic E-state index is -3.02. The summed E-state index contributed by atoms with van der Waals surface area (Å²) in [6, 6.07) is 0. The summed E-state index contributed by atoms with van der Waals surface area (Å²) in [5.74, 6) is 0.267. The fourth-order valence-corrected chi connectivity index (χ4v) is 4.25. The lowest BCUT2D eigenvalue weighted by molar-refractivity contribution is 0.583. The molecule has 1 aliphatic heterocycles. The highest BCUT2D eigenvalue weighted by Crippen LogP contribution is 2.28. The van der Waals surface area contributed by atoms with Crippen LogP contribution in [0.25, 0.3) is 0 Å². The van der Waals surface area contributed by atoms with Gasteiger partial charge >= 0.3 is 0 Å². The molecule has 66 valence electrons. The number of aryl methyl sites for hydroxylation is 2. The molecular formula is C7H9NO2S2. The van der Waals surface area contributed by atoms with Crippen LogP contribution in [0.3, 0.4) is 0 Å². The summed E-state index contributed by atoms with van der Waals surface area (Å²) >= 11 is 1.50. The molecule has 0 unspecified atom stereocenters. The second-order valence-electron chi connectivity index (χ2n) is 2.88. The van der Waals surface area contributed by atoms with Gasteiger partial charge in [0.05, 0.1) is 10.8 Å². The lowest BCUT2D eigenvalue weighted by atomic mass is 10.3. The maximum Gasteiger partial charge on any atom is 0.196 e. The molecule has 0 fully saturated rings. The van der Waals surface area contributed by atoms with Crippen molar-refractivity contribution in [1.82, 2.24) is 4.98 Å². The van der Waals surface area contributed by atoms with E-state index in [9.17, 15) is 8.42 Å². The van der Waals surface area contributed by atoms with E-state index in [1.165, 1.54) is 11.3 Å². The van der Waals surface area contributed by atoms with Crippen LogP contribution in [-0.4, -0.2) is 19.2 Å². The highest BCUT2D eigenvalue weighted by Gasteiger charge is 2.26.